The molecule has 0 amide bonds. The Labute approximate surface area is 79.1 Å². The van der Waals surface area contributed by atoms with Crippen molar-refractivity contribution in [2.45, 2.75) is 6.92 Å². The van der Waals surface area contributed by atoms with Gasteiger partial charge in [-0.3, -0.25) is 4.57 Å². The molecule has 0 aliphatic rings. The summed E-state index contributed by atoms with van der Waals surface area (Å²) in [5.41, 5.74) is 0. The fourth-order valence-electron chi connectivity index (χ4n) is 0.368. The molecule has 4 N–H and O–H groups in total. The predicted molar refractivity (Wildman–Crippen MR) is 44.4 cm³/mol. The van der Waals surface area contributed by atoms with Crippen LogP contribution in [0.2, 0.25) is 0 Å². The summed E-state index contributed by atoms with van der Waals surface area (Å²) >= 11 is 0. The highest BCUT2D eigenvalue weighted by Gasteiger charge is 2.38. The highest BCUT2D eigenvalue weighted by atomic mass is 31.3. The van der Waals surface area contributed by atoms with E-state index in [1.807, 2.05) is 0 Å². The first-order valence-electron chi connectivity index (χ1n) is 3.10. The average Bonchev–Trinajstić information content (AvgIpc) is 1.78. The van der Waals surface area contributed by atoms with Gasteiger partial charge >= 0.3 is 23.2 Å². The maximum Gasteiger partial charge on any atom is 0.488 e. The Kier molecular flexibility index (Phi) is 4.68. The molecule has 0 aromatic rings. The number of hydrogen-bond donors (Lipinski definition) is 4. The van der Waals surface area contributed by atoms with Crippen molar-refractivity contribution in [1.29, 1.82) is 0 Å². The minimum atomic E-state index is -5.25. The fourth-order valence-corrected chi connectivity index (χ4v) is 3.58. The second kappa shape index (κ2) is 4.53. The predicted octanol–water partition coefficient (Wildman–Crippen LogP) is 0.418. The zero-order valence-electron chi connectivity index (χ0n) is 6.88. The molecule has 0 radical (unpaired) electrons. The summed E-state index contributed by atoms with van der Waals surface area (Å²) < 4.78 is 38.5. The van der Waals surface area contributed by atoms with Crippen LogP contribution in [0.4, 0.5) is 0 Å². The molecule has 0 aliphatic carbocycles. The van der Waals surface area contributed by atoms with Gasteiger partial charge in [0.05, 0.1) is 0 Å². The zero-order chi connectivity index (χ0) is 11.6. The van der Waals surface area contributed by atoms with Crippen molar-refractivity contribution in [3.63, 3.8) is 0 Å². The van der Waals surface area contributed by atoms with Gasteiger partial charge in [-0.25, -0.2) is 13.4 Å². The van der Waals surface area contributed by atoms with Gasteiger partial charge in [0, 0.05) is 6.16 Å². The van der Waals surface area contributed by atoms with Crippen LogP contribution in [0.1, 0.15) is 6.92 Å². The lowest BCUT2D eigenvalue weighted by Crippen LogP contribution is -1.94. The van der Waals surface area contributed by atoms with E-state index in [4.69, 9.17) is 19.6 Å². The average molecular weight is 270 g/mol. The van der Waals surface area contributed by atoms with Crippen molar-refractivity contribution in [1.82, 2.24) is 0 Å². The molecule has 0 aliphatic heterocycles. The topological polar surface area (TPSA) is 151 Å². The lowest BCUT2D eigenvalue weighted by atomic mass is 11.0. The van der Waals surface area contributed by atoms with E-state index in [9.17, 15) is 13.7 Å². The SMILES string of the molecule is CCP(=O)(O)OP(=O)(O)OP(=O)(O)O. The third kappa shape index (κ3) is 6.84. The second-order valence-corrected chi connectivity index (χ2v) is 7.21. The largest absolute Gasteiger partial charge is 0.488 e. The van der Waals surface area contributed by atoms with Gasteiger partial charge in [0.25, 0.3) is 0 Å². The molecule has 0 saturated carbocycles. The molecule has 0 aromatic carbocycles. The van der Waals surface area contributed by atoms with E-state index in [1.54, 1.807) is 0 Å². The molecule has 0 rings (SSSR count). The van der Waals surface area contributed by atoms with Crippen LogP contribution in [0.25, 0.3) is 0 Å². The maximum atomic E-state index is 10.8. The van der Waals surface area contributed by atoms with Crippen molar-refractivity contribution in [3.8, 4) is 0 Å². The first kappa shape index (κ1) is 14.5. The summed E-state index contributed by atoms with van der Waals surface area (Å²) in [7, 11) is -14.8. The Balaban J connectivity index is 4.60. The normalized spacial score (nSPS) is 21.2. The van der Waals surface area contributed by atoms with Crippen LogP contribution >= 0.6 is 23.2 Å². The van der Waals surface area contributed by atoms with Crippen molar-refractivity contribution in [2.24, 2.45) is 0 Å². The summed E-state index contributed by atoms with van der Waals surface area (Å²) in [4.78, 5) is 33.6. The van der Waals surface area contributed by atoms with E-state index in [0.717, 1.165) is 0 Å². The van der Waals surface area contributed by atoms with Gasteiger partial charge < -0.3 is 19.6 Å². The summed E-state index contributed by atoms with van der Waals surface area (Å²) in [5.74, 6) is 0. The van der Waals surface area contributed by atoms with Gasteiger partial charge in [-0.05, 0) is 0 Å². The molecule has 0 heterocycles. The first-order chi connectivity index (χ1) is 5.97. The number of hydrogen-bond acceptors (Lipinski definition) is 5. The van der Waals surface area contributed by atoms with E-state index in [-0.39, 0.29) is 0 Å². The molecule has 9 nitrogen and oxygen atoms in total. The Morgan fingerprint density at radius 1 is 1.00 bits per heavy atom. The van der Waals surface area contributed by atoms with Gasteiger partial charge in [-0.2, -0.15) is 4.31 Å². The van der Waals surface area contributed by atoms with Crippen LogP contribution < -0.4 is 0 Å². The van der Waals surface area contributed by atoms with Crippen LogP contribution in [0.15, 0.2) is 0 Å². The molecule has 86 valence electrons. The molecule has 2 unspecified atom stereocenters. The molecular formula is C2H9O9P3. The van der Waals surface area contributed by atoms with E-state index in [2.05, 4.69) is 8.62 Å². The molecule has 0 saturated heterocycles. The molecule has 0 bridgehead atoms. The van der Waals surface area contributed by atoms with E-state index >= 15 is 0 Å². The molecule has 2 atom stereocenters. The molecule has 0 fully saturated rings. The Hall–Kier alpha value is 0.450. The van der Waals surface area contributed by atoms with Gasteiger partial charge in [0.15, 0.2) is 0 Å². The number of phosphoric acid groups is 2. The maximum absolute atomic E-state index is 10.8. The number of rotatable bonds is 5. The molecule has 0 spiro atoms. The summed E-state index contributed by atoms with van der Waals surface area (Å²) in [5, 5.41) is 0. The first-order valence-corrected chi connectivity index (χ1v) is 7.89. The molecule has 14 heavy (non-hydrogen) atoms. The minimum absolute atomic E-state index is 0.498. The Morgan fingerprint density at radius 3 is 1.71 bits per heavy atom. The lowest BCUT2D eigenvalue weighted by Gasteiger charge is -2.14. The van der Waals surface area contributed by atoms with E-state index in [0.29, 0.717) is 0 Å². The van der Waals surface area contributed by atoms with Gasteiger partial charge in [0.2, 0.25) is 0 Å². The van der Waals surface area contributed by atoms with Crippen molar-refractivity contribution in [3.05, 3.63) is 0 Å². The Morgan fingerprint density at radius 2 is 1.43 bits per heavy atom. The van der Waals surface area contributed by atoms with Crippen LogP contribution in [0, 0.1) is 0 Å². The van der Waals surface area contributed by atoms with Crippen molar-refractivity contribution < 1.29 is 41.9 Å². The third-order valence-corrected chi connectivity index (χ3v) is 5.16. The fraction of sp³-hybridized carbons (Fsp3) is 1.00. The van der Waals surface area contributed by atoms with Crippen molar-refractivity contribution in [2.75, 3.05) is 6.16 Å². The van der Waals surface area contributed by atoms with Gasteiger partial charge in [-0.15, -0.1) is 0 Å². The third-order valence-electron chi connectivity index (χ3n) is 0.840. The standard InChI is InChI=1S/C2H9O9P3/c1-2-12(3,4)10-14(8,9)11-13(5,6)7/h2H2,1H3,(H,3,4)(H,8,9)(H2,5,6,7). The molecule has 0 aromatic heterocycles. The smallest absolute Gasteiger partial charge is 0.324 e. The van der Waals surface area contributed by atoms with Gasteiger partial charge in [0.1, 0.15) is 0 Å². The van der Waals surface area contributed by atoms with Crippen LogP contribution in [-0.4, -0.2) is 25.7 Å². The minimum Gasteiger partial charge on any atom is -0.324 e. The van der Waals surface area contributed by atoms with Gasteiger partial charge in [-0.1, -0.05) is 6.92 Å². The summed E-state index contributed by atoms with van der Waals surface area (Å²) in [6, 6.07) is 0. The van der Waals surface area contributed by atoms with Crippen LogP contribution in [-0.2, 0) is 22.3 Å². The second-order valence-electron chi connectivity index (χ2n) is 2.08. The highest BCUT2D eigenvalue weighted by molar-refractivity contribution is 7.68. The zero-order valence-corrected chi connectivity index (χ0v) is 9.56. The van der Waals surface area contributed by atoms with Crippen LogP contribution in [0.3, 0.4) is 0 Å². The lowest BCUT2D eigenvalue weighted by molar-refractivity contribution is 0.223. The monoisotopic (exact) mass is 270 g/mol. The summed E-state index contributed by atoms with van der Waals surface area (Å²) in [6.07, 6.45) is -0.498. The quantitative estimate of drug-likeness (QED) is 0.520. The molecule has 12 heteroatoms. The van der Waals surface area contributed by atoms with E-state index in [1.165, 1.54) is 6.92 Å². The van der Waals surface area contributed by atoms with E-state index < -0.39 is 29.4 Å². The highest BCUT2D eigenvalue weighted by Crippen LogP contribution is 2.65. The Bertz CT molecular complexity index is 327. The van der Waals surface area contributed by atoms with Crippen molar-refractivity contribution >= 4 is 23.2 Å². The van der Waals surface area contributed by atoms with Crippen LogP contribution in [0.5, 0.6) is 0 Å². The summed E-state index contributed by atoms with van der Waals surface area (Å²) in [6.45, 7) is 1.18. The molecular weight excluding hydrogens is 261 g/mol.